The Bertz CT molecular complexity index is 53.5. The van der Waals surface area contributed by atoms with E-state index in [-0.39, 0.29) is 0 Å². The topological polar surface area (TPSA) is 21.3 Å². The van der Waals surface area contributed by atoms with Crippen LogP contribution in [0.5, 0.6) is 0 Å². The number of likely N-dealkylation sites (N-methyl/N-ethyl adjacent to an activating group) is 1. The Morgan fingerprint density at radius 1 is 1.50 bits per heavy atom. The minimum atomic E-state index is 0.710. The maximum absolute atomic E-state index is 4.77. The van der Waals surface area contributed by atoms with Crippen LogP contribution in [-0.4, -0.2) is 27.3 Å². The summed E-state index contributed by atoms with van der Waals surface area (Å²) in [6, 6.07) is 0. The molecule has 0 aliphatic carbocycles. The van der Waals surface area contributed by atoms with Crippen molar-refractivity contribution in [2.24, 2.45) is 0 Å². The third-order valence-electron chi connectivity index (χ3n) is 0.752. The van der Waals surface area contributed by atoms with E-state index in [2.05, 4.69) is 5.32 Å². The van der Waals surface area contributed by atoms with Gasteiger partial charge >= 0.3 is 0 Å². The standard InChI is InChI=1S/C6H13NO/c1-7-5-3-4-6-8-2/h3-4,7H,5-6H2,1-2H3/b4-3+. The van der Waals surface area contributed by atoms with E-state index in [1.54, 1.807) is 7.11 Å². The SMILES string of the molecule is CNC/C=C/COC. The molecule has 0 spiro atoms. The lowest BCUT2D eigenvalue weighted by atomic mass is 10.5. The molecule has 0 aromatic rings. The predicted molar refractivity (Wildman–Crippen MR) is 34.9 cm³/mol. The highest BCUT2D eigenvalue weighted by Gasteiger charge is 1.69. The summed E-state index contributed by atoms with van der Waals surface area (Å²) in [6.07, 6.45) is 4.01. The smallest absolute Gasteiger partial charge is 0.0644 e. The van der Waals surface area contributed by atoms with E-state index in [9.17, 15) is 0 Å². The molecule has 0 atom stereocenters. The average Bonchev–Trinajstić information content (AvgIpc) is 1.81. The molecule has 0 aliphatic rings. The molecule has 8 heavy (non-hydrogen) atoms. The number of hydrogen-bond acceptors (Lipinski definition) is 2. The number of hydrogen-bond donors (Lipinski definition) is 1. The highest BCUT2D eigenvalue weighted by Crippen LogP contribution is 1.70. The van der Waals surface area contributed by atoms with Gasteiger partial charge in [0, 0.05) is 13.7 Å². The molecule has 2 heteroatoms. The van der Waals surface area contributed by atoms with Crippen LogP contribution in [-0.2, 0) is 4.74 Å². The molecule has 0 aromatic carbocycles. The van der Waals surface area contributed by atoms with E-state index in [0.29, 0.717) is 6.61 Å². The summed E-state index contributed by atoms with van der Waals surface area (Å²) in [4.78, 5) is 0. The summed E-state index contributed by atoms with van der Waals surface area (Å²) in [6.45, 7) is 1.63. The maximum Gasteiger partial charge on any atom is 0.0644 e. The fourth-order valence-electron chi connectivity index (χ4n) is 0.365. The lowest BCUT2D eigenvalue weighted by molar-refractivity contribution is 0.233. The molecule has 0 radical (unpaired) electrons. The summed E-state index contributed by atoms with van der Waals surface area (Å²) < 4.78 is 4.77. The molecule has 0 aromatic heterocycles. The van der Waals surface area contributed by atoms with E-state index in [1.165, 1.54) is 0 Å². The fraction of sp³-hybridized carbons (Fsp3) is 0.667. The van der Waals surface area contributed by atoms with Gasteiger partial charge in [-0.05, 0) is 7.05 Å². The minimum Gasteiger partial charge on any atom is -0.381 e. The first-order valence-corrected chi connectivity index (χ1v) is 2.70. The highest BCUT2D eigenvalue weighted by molar-refractivity contribution is 4.82. The van der Waals surface area contributed by atoms with Crippen molar-refractivity contribution in [2.75, 3.05) is 27.3 Å². The Morgan fingerprint density at radius 3 is 2.75 bits per heavy atom. The number of methoxy groups -OCH3 is 1. The van der Waals surface area contributed by atoms with Crippen molar-refractivity contribution in [3.63, 3.8) is 0 Å². The molecule has 2 nitrogen and oxygen atoms in total. The number of nitrogens with one attached hydrogen (secondary N) is 1. The quantitative estimate of drug-likeness (QED) is 0.536. The second kappa shape index (κ2) is 6.66. The summed E-state index contributed by atoms with van der Waals surface area (Å²) in [5.41, 5.74) is 0. The van der Waals surface area contributed by atoms with Gasteiger partial charge < -0.3 is 10.1 Å². The Hall–Kier alpha value is -0.340. The van der Waals surface area contributed by atoms with Crippen LogP contribution in [0.4, 0.5) is 0 Å². The van der Waals surface area contributed by atoms with Gasteiger partial charge in [-0.2, -0.15) is 0 Å². The largest absolute Gasteiger partial charge is 0.381 e. The normalized spacial score (nSPS) is 10.8. The molecular formula is C6H13NO. The van der Waals surface area contributed by atoms with Crippen molar-refractivity contribution in [2.45, 2.75) is 0 Å². The second-order valence-corrected chi connectivity index (χ2v) is 1.48. The van der Waals surface area contributed by atoms with Gasteiger partial charge in [0.25, 0.3) is 0 Å². The monoisotopic (exact) mass is 115 g/mol. The first-order valence-electron chi connectivity index (χ1n) is 2.70. The lowest BCUT2D eigenvalue weighted by Gasteiger charge is -1.87. The third kappa shape index (κ3) is 5.66. The second-order valence-electron chi connectivity index (χ2n) is 1.48. The Morgan fingerprint density at radius 2 is 2.25 bits per heavy atom. The summed E-state index contributed by atoms with van der Waals surface area (Å²) in [7, 11) is 3.60. The van der Waals surface area contributed by atoms with E-state index in [0.717, 1.165) is 6.54 Å². The number of ether oxygens (including phenoxy) is 1. The van der Waals surface area contributed by atoms with Crippen molar-refractivity contribution >= 4 is 0 Å². The molecule has 0 saturated heterocycles. The van der Waals surface area contributed by atoms with E-state index in [1.807, 2.05) is 19.2 Å². The zero-order valence-corrected chi connectivity index (χ0v) is 5.48. The maximum atomic E-state index is 4.77. The minimum absolute atomic E-state index is 0.710. The molecular weight excluding hydrogens is 102 g/mol. The molecule has 48 valence electrons. The van der Waals surface area contributed by atoms with Gasteiger partial charge in [0.05, 0.1) is 6.61 Å². The van der Waals surface area contributed by atoms with Crippen molar-refractivity contribution in [3.05, 3.63) is 12.2 Å². The van der Waals surface area contributed by atoms with Gasteiger partial charge in [0.2, 0.25) is 0 Å². The van der Waals surface area contributed by atoms with Crippen LogP contribution in [0.3, 0.4) is 0 Å². The Labute approximate surface area is 50.5 Å². The molecule has 0 bridgehead atoms. The van der Waals surface area contributed by atoms with Gasteiger partial charge in [-0.25, -0.2) is 0 Å². The first-order chi connectivity index (χ1) is 3.91. The van der Waals surface area contributed by atoms with Crippen LogP contribution in [0, 0.1) is 0 Å². The highest BCUT2D eigenvalue weighted by atomic mass is 16.5. The number of rotatable bonds is 4. The van der Waals surface area contributed by atoms with Crippen LogP contribution < -0.4 is 5.32 Å². The Kier molecular flexibility index (Phi) is 6.38. The van der Waals surface area contributed by atoms with Crippen LogP contribution in [0.1, 0.15) is 0 Å². The molecule has 0 unspecified atom stereocenters. The van der Waals surface area contributed by atoms with E-state index in [4.69, 9.17) is 4.74 Å². The van der Waals surface area contributed by atoms with Gasteiger partial charge in [-0.3, -0.25) is 0 Å². The predicted octanol–water partition coefficient (Wildman–Crippen LogP) is 0.408. The van der Waals surface area contributed by atoms with Gasteiger partial charge in [-0.15, -0.1) is 0 Å². The summed E-state index contributed by atoms with van der Waals surface area (Å²) in [5, 5.41) is 2.98. The molecule has 1 N–H and O–H groups in total. The summed E-state index contributed by atoms with van der Waals surface area (Å²) >= 11 is 0. The molecule has 0 fully saturated rings. The summed E-state index contributed by atoms with van der Waals surface area (Å²) in [5.74, 6) is 0. The third-order valence-corrected chi connectivity index (χ3v) is 0.752. The zero-order chi connectivity index (χ0) is 6.24. The van der Waals surface area contributed by atoms with Gasteiger partial charge in [0.1, 0.15) is 0 Å². The van der Waals surface area contributed by atoms with Crippen LogP contribution in [0.15, 0.2) is 12.2 Å². The fourth-order valence-corrected chi connectivity index (χ4v) is 0.365. The molecule has 0 aliphatic heterocycles. The van der Waals surface area contributed by atoms with Gasteiger partial charge in [-0.1, -0.05) is 12.2 Å². The van der Waals surface area contributed by atoms with Crippen LogP contribution in [0.2, 0.25) is 0 Å². The van der Waals surface area contributed by atoms with Crippen LogP contribution >= 0.6 is 0 Å². The molecule has 0 saturated carbocycles. The lowest BCUT2D eigenvalue weighted by Crippen LogP contribution is -2.04. The van der Waals surface area contributed by atoms with E-state index < -0.39 is 0 Å². The van der Waals surface area contributed by atoms with Crippen molar-refractivity contribution < 1.29 is 4.74 Å². The van der Waals surface area contributed by atoms with Crippen molar-refractivity contribution in [3.8, 4) is 0 Å². The molecule has 0 amide bonds. The van der Waals surface area contributed by atoms with Crippen LogP contribution in [0.25, 0.3) is 0 Å². The van der Waals surface area contributed by atoms with Crippen molar-refractivity contribution in [1.82, 2.24) is 5.32 Å². The van der Waals surface area contributed by atoms with Gasteiger partial charge in [0.15, 0.2) is 0 Å². The van der Waals surface area contributed by atoms with Crippen molar-refractivity contribution in [1.29, 1.82) is 0 Å². The first kappa shape index (κ1) is 7.66. The molecule has 0 rings (SSSR count). The zero-order valence-electron chi connectivity index (χ0n) is 5.48. The average molecular weight is 115 g/mol. The molecule has 0 heterocycles. The van der Waals surface area contributed by atoms with E-state index >= 15 is 0 Å². The Balaban J connectivity index is 2.83.